The van der Waals surface area contributed by atoms with Gasteiger partial charge in [-0.05, 0) is 0 Å². The lowest BCUT2D eigenvalue weighted by Gasteiger charge is -2.22. The Kier molecular flexibility index (Phi) is 6.57. The molecule has 112 valence electrons. The van der Waals surface area contributed by atoms with Gasteiger partial charge in [-0.25, -0.2) is 0 Å². The second-order valence-corrected chi connectivity index (χ2v) is 4.15. The number of amides is 1. The van der Waals surface area contributed by atoms with Crippen molar-refractivity contribution in [3.05, 3.63) is 18.2 Å². The Morgan fingerprint density at radius 3 is 2.45 bits per heavy atom. The van der Waals surface area contributed by atoms with Gasteiger partial charge < -0.3 is 24.8 Å². The lowest BCUT2D eigenvalue weighted by atomic mass is 10.2. The number of rotatable bonds is 4. The van der Waals surface area contributed by atoms with Crippen LogP contribution in [0, 0.1) is 0 Å². The van der Waals surface area contributed by atoms with Crippen molar-refractivity contribution in [2.75, 3.05) is 39.2 Å². The predicted molar refractivity (Wildman–Crippen MR) is 78.0 cm³/mol. The number of nitrogens with one attached hydrogen (secondary N) is 2. The lowest BCUT2D eigenvalue weighted by Crippen LogP contribution is -2.45. The van der Waals surface area contributed by atoms with E-state index in [9.17, 15) is 4.79 Å². The molecule has 1 saturated heterocycles. The topological polar surface area (TPSA) is 68.8 Å². The molecular weight excluding hydrogens is 284 g/mol. The number of morpholine rings is 1. The van der Waals surface area contributed by atoms with Crippen LogP contribution in [0.1, 0.15) is 0 Å². The van der Waals surface area contributed by atoms with E-state index in [1.54, 1.807) is 32.4 Å². The molecule has 1 aromatic carbocycles. The summed E-state index contributed by atoms with van der Waals surface area (Å²) in [5, 5.41) is 5.91. The number of benzene rings is 1. The molecule has 0 spiro atoms. The van der Waals surface area contributed by atoms with Crippen molar-refractivity contribution in [2.45, 2.75) is 6.10 Å². The van der Waals surface area contributed by atoms with Crippen LogP contribution >= 0.6 is 12.4 Å². The van der Waals surface area contributed by atoms with E-state index in [2.05, 4.69) is 10.6 Å². The molecule has 2 N–H and O–H groups in total. The maximum atomic E-state index is 12.0. The minimum absolute atomic E-state index is 0. The highest BCUT2D eigenvalue weighted by atomic mass is 35.5. The SMILES string of the molecule is COc1cc(NC(=O)C2CNCCO2)cc(OC)c1.Cl. The third-order valence-corrected chi connectivity index (χ3v) is 2.84. The van der Waals surface area contributed by atoms with Crippen LogP contribution in [0.25, 0.3) is 0 Å². The molecule has 2 rings (SSSR count). The highest BCUT2D eigenvalue weighted by Gasteiger charge is 2.21. The van der Waals surface area contributed by atoms with E-state index >= 15 is 0 Å². The van der Waals surface area contributed by atoms with E-state index in [-0.39, 0.29) is 18.3 Å². The Bertz CT molecular complexity index is 428. The Labute approximate surface area is 124 Å². The van der Waals surface area contributed by atoms with Gasteiger partial charge in [-0.1, -0.05) is 0 Å². The van der Waals surface area contributed by atoms with E-state index in [1.165, 1.54) is 0 Å². The van der Waals surface area contributed by atoms with Crippen molar-refractivity contribution in [3.63, 3.8) is 0 Å². The summed E-state index contributed by atoms with van der Waals surface area (Å²) in [5.74, 6) is 1.07. The van der Waals surface area contributed by atoms with Gasteiger partial charge in [0.05, 0.1) is 20.8 Å². The fraction of sp³-hybridized carbons (Fsp3) is 0.462. The Morgan fingerprint density at radius 2 is 1.95 bits per heavy atom. The minimum Gasteiger partial charge on any atom is -0.497 e. The summed E-state index contributed by atoms with van der Waals surface area (Å²) in [6.07, 6.45) is -0.467. The zero-order valence-electron chi connectivity index (χ0n) is 11.5. The van der Waals surface area contributed by atoms with Crippen molar-refractivity contribution in [1.29, 1.82) is 0 Å². The Hall–Kier alpha value is -1.50. The van der Waals surface area contributed by atoms with Crippen LogP contribution in [0.2, 0.25) is 0 Å². The molecule has 1 aliphatic heterocycles. The van der Waals surface area contributed by atoms with E-state index in [0.29, 0.717) is 30.3 Å². The zero-order chi connectivity index (χ0) is 13.7. The molecule has 20 heavy (non-hydrogen) atoms. The number of carbonyl (C=O) groups excluding carboxylic acids is 1. The van der Waals surface area contributed by atoms with Gasteiger partial charge in [-0.3, -0.25) is 4.79 Å². The zero-order valence-corrected chi connectivity index (χ0v) is 12.3. The van der Waals surface area contributed by atoms with E-state index in [4.69, 9.17) is 14.2 Å². The average Bonchev–Trinajstić information content (AvgIpc) is 2.47. The maximum Gasteiger partial charge on any atom is 0.254 e. The fourth-order valence-electron chi connectivity index (χ4n) is 1.84. The Balaban J connectivity index is 0.00000200. The van der Waals surface area contributed by atoms with Gasteiger partial charge in [-0.2, -0.15) is 0 Å². The van der Waals surface area contributed by atoms with Gasteiger partial charge in [0.1, 0.15) is 17.6 Å². The molecule has 1 unspecified atom stereocenters. The number of hydrogen-bond donors (Lipinski definition) is 2. The van der Waals surface area contributed by atoms with Crippen LogP contribution in [0.3, 0.4) is 0 Å². The van der Waals surface area contributed by atoms with Crippen LogP contribution in [0.15, 0.2) is 18.2 Å². The van der Waals surface area contributed by atoms with Crippen molar-refractivity contribution < 1.29 is 19.0 Å². The second kappa shape index (κ2) is 7.94. The first-order valence-corrected chi connectivity index (χ1v) is 6.09. The first-order chi connectivity index (χ1) is 9.22. The number of methoxy groups -OCH3 is 2. The monoisotopic (exact) mass is 302 g/mol. The molecule has 1 fully saturated rings. The van der Waals surface area contributed by atoms with E-state index in [1.807, 2.05) is 0 Å². The Morgan fingerprint density at radius 1 is 1.30 bits per heavy atom. The first kappa shape index (κ1) is 16.6. The largest absolute Gasteiger partial charge is 0.497 e. The minimum atomic E-state index is -0.467. The van der Waals surface area contributed by atoms with Crippen LogP contribution < -0.4 is 20.1 Å². The molecule has 1 atom stereocenters. The molecule has 1 heterocycles. The quantitative estimate of drug-likeness (QED) is 0.870. The molecule has 0 bridgehead atoms. The number of anilines is 1. The molecule has 0 radical (unpaired) electrons. The van der Waals surface area contributed by atoms with Gasteiger partial charge in [0, 0.05) is 37.0 Å². The van der Waals surface area contributed by atoms with Crippen LogP contribution in [0.4, 0.5) is 5.69 Å². The summed E-state index contributed by atoms with van der Waals surface area (Å²) >= 11 is 0. The highest BCUT2D eigenvalue weighted by Crippen LogP contribution is 2.25. The normalized spacial score (nSPS) is 17.8. The standard InChI is InChI=1S/C13H18N2O4.ClH/c1-17-10-5-9(6-11(7-10)18-2)15-13(16)12-8-14-3-4-19-12;/h5-7,12,14H,3-4,8H2,1-2H3,(H,15,16);1H. The maximum absolute atomic E-state index is 12.0. The lowest BCUT2D eigenvalue weighted by molar-refractivity contribution is -0.128. The summed E-state index contributed by atoms with van der Waals surface area (Å²) in [7, 11) is 3.13. The molecule has 0 aliphatic carbocycles. The first-order valence-electron chi connectivity index (χ1n) is 6.09. The molecule has 7 heteroatoms. The van der Waals surface area contributed by atoms with Crippen molar-refractivity contribution in [1.82, 2.24) is 5.32 Å². The van der Waals surface area contributed by atoms with Crippen LogP contribution in [0.5, 0.6) is 11.5 Å². The third-order valence-electron chi connectivity index (χ3n) is 2.84. The molecule has 1 aliphatic rings. The van der Waals surface area contributed by atoms with E-state index in [0.717, 1.165) is 6.54 Å². The number of halogens is 1. The van der Waals surface area contributed by atoms with Crippen molar-refractivity contribution in [3.8, 4) is 11.5 Å². The number of carbonyl (C=O) groups is 1. The fourth-order valence-corrected chi connectivity index (χ4v) is 1.84. The number of ether oxygens (including phenoxy) is 3. The van der Waals surface area contributed by atoms with Crippen LogP contribution in [-0.4, -0.2) is 45.9 Å². The highest BCUT2D eigenvalue weighted by molar-refractivity contribution is 5.94. The van der Waals surface area contributed by atoms with Gasteiger partial charge in [0.2, 0.25) is 0 Å². The third kappa shape index (κ3) is 4.26. The number of hydrogen-bond acceptors (Lipinski definition) is 5. The molecule has 0 saturated carbocycles. The smallest absolute Gasteiger partial charge is 0.254 e. The van der Waals surface area contributed by atoms with Crippen molar-refractivity contribution >= 4 is 24.0 Å². The van der Waals surface area contributed by atoms with E-state index < -0.39 is 6.10 Å². The predicted octanol–water partition coefficient (Wildman–Crippen LogP) is 1.05. The average molecular weight is 303 g/mol. The molecule has 0 aromatic heterocycles. The van der Waals surface area contributed by atoms with Gasteiger partial charge in [0.15, 0.2) is 0 Å². The van der Waals surface area contributed by atoms with Gasteiger partial charge >= 0.3 is 0 Å². The van der Waals surface area contributed by atoms with Gasteiger partial charge in [-0.15, -0.1) is 12.4 Å². The van der Waals surface area contributed by atoms with Crippen LogP contribution in [-0.2, 0) is 9.53 Å². The van der Waals surface area contributed by atoms with Gasteiger partial charge in [0.25, 0.3) is 5.91 Å². The summed E-state index contributed by atoms with van der Waals surface area (Å²) in [5.41, 5.74) is 0.621. The summed E-state index contributed by atoms with van der Waals surface area (Å²) in [6.45, 7) is 1.84. The molecule has 1 amide bonds. The summed E-state index contributed by atoms with van der Waals surface area (Å²) < 4.78 is 15.7. The summed E-state index contributed by atoms with van der Waals surface area (Å²) in [4.78, 5) is 12.0. The van der Waals surface area contributed by atoms with Crippen molar-refractivity contribution in [2.24, 2.45) is 0 Å². The summed E-state index contributed by atoms with van der Waals surface area (Å²) in [6, 6.07) is 5.21. The second-order valence-electron chi connectivity index (χ2n) is 4.15. The molecular formula is C13H19ClN2O4. The molecule has 6 nitrogen and oxygen atoms in total. The molecule has 1 aromatic rings.